The second kappa shape index (κ2) is 5.66. The molecule has 21 heavy (non-hydrogen) atoms. The van der Waals surface area contributed by atoms with Crippen molar-refractivity contribution >= 4 is 10.9 Å². The SMILES string of the molecule is CNCc1cccc2ccn(Cc3c(F)cccc3F)c12. The summed E-state index contributed by atoms with van der Waals surface area (Å²) >= 11 is 0. The van der Waals surface area contributed by atoms with Gasteiger partial charge in [0.25, 0.3) is 0 Å². The monoisotopic (exact) mass is 286 g/mol. The van der Waals surface area contributed by atoms with Crippen molar-refractivity contribution in [1.29, 1.82) is 0 Å². The second-order valence-electron chi connectivity index (χ2n) is 5.03. The molecule has 0 saturated heterocycles. The highest BCUT2D eigenvalue weighted by molar-refractivity contribution is 5.83. The van der Waals surface area contributed by atoms with E-state index in [4.69, 9.17) is 0 Å². The highest BCUT2D eigenvalue weighted by Gasteiger charge is 2.12. The zero-order valence-corrected chi connectivity index (χ0v) is 11.7. The van der Waals surface area contributed by atoms with Crippen molar-refractivity contribution < 1.29 is 8.78 Å². The molecule has 0 unspecified atom stereocenters. The summed E-state index contributed by atoms with van der Waals surface area (Å²) in [6.45, 7) is 0.893. The zero-order valence-electron chi connectivity index (χ0n) is 11.7. The molecule has 2 nitrogen and oxygen atoms in total. The highest BCUT2D eigenvalue weighted by atomic mass is 19.1. The maximum atomic E-state index is 13.8. The Morgan fingerprint density at radius 2 is 1.71 bits per heavy atom. The first-order chi connectivity index (χ1) is 10.2. The molecule has 108 valence electrons. The minimum Gasteiger partial charge on any atom is -0.343 e. The number of nitrogens with one attached hydrogen (secondary N) is 1. The Kier molecular flexibility index (Phi) is 3.71. The Labute approximate surface area is 122 Å². The van der Waals surface area contributed by atoms with Crippen LogP contribution in [0.5, 0.6) is 0 Å². The lowest BCUT2D eigenvalue weighted by atomic mass is 10.1. The number of benzene rings is 2. The third-order valence-electron chi connectivity index (χ3n) is 3.63. The van der Waals surface area contributed by atoms with E-state index in [1.165, 1.54) is 18.2 Å². The van der Waals surface area contributed by atoms with Crippen LogP contribution in [0.3, 0.4) is 0 Å². The Morgan fingerprint density at radius 3 is 2.43 bits per heavy atom. The Morgan fingerprint density at radius 1 is 1.00 bits per heavy atom. The van der Waals surface area contributed by atoms with Gasteiger partial charge in [-0.3, -0.25) is 0 Å². The van der Waals surface area contributed by atoms with Crippen molar-refractivity contribution in [3.63, 3.8) is 0 Å². The summed E-state index contributed by atoms with van der Waals surface area (Å²) < 4.78 is 29.5. The normalized spacial score (nSPS) is 11.2. The second-order valence-corrected chi connectivity index (χ2v) is 5.03. The number of rotatable bonds is 4. The number of para-hydroxylation sites is 1. The molecular formula is C17H16F2N2. The van der Waals surface area contributed by atoms with Crippen LogP contribution in [-0.4, -0.2) is 11.6 Å². The molecule has 0 aliphatic carbocycles. The molecule has 0 bridgehead atoms. The van der Waals surface area contributed by atoms with Crippen LogP contribution < -0.4 is 5.32 Å². The molecule has 0 fully saturated rings. The van der Waals surface area contributed by atoms with E-state index in [9.17, 15) is 8.78 Å². The number of nitrogens with zero attached hydrogens (tertiary/aromatic N) is 1. The maximum Gasteiger partial charge on any atom is 0.131 e. The van der Waals surface area contributed by atoms with Gasteiger partial charge in [0, 0.05) is 18.3 Å². The van der Waals surface area contributed by atoms with Crippen LogP contribution in [0.15, 0.2) is 48.7 Å². The highest BCUT2D eigenvalue weighted by Crippen LogP contribution is 2.23. The van der Waals surface area contributed by atoms with Crippen LogP contribution in [-0.2, 0) is 13.1 Å². The number of hydrogen-bond donors (Lipinski definition) is 1. The van der Waals surface area contributed by atoms with Crippen LogP contribution in [0.25, 0.3) is 10.9 Å². The lowest BCUT2D eigenvalue weighted by molar-refractivity contribution is 0.547. The summed E-state index contributed by atoms with van der Waals surface area (Å²) in [6, 6.07) is 11.9. The van der Waals surface area contributed by atoms with Gasteiger partial charge in [-0.15, -0.1) is 0 Å². The van der Waals surface area contributed by atoms with E-state index >= 15 is 0 Å². The molecule has 0 aliphatic heterocycles. The molecule has 0 spiro atoms. The summed E-state index contributed by atoms with van der Waals surface area (Å²) in [5.74, 6) is -1.02. The molecular weight excluding hydrogens is 270 g/mol. The molecule has 0 atom stereocenters. The number of hydrogen-bond acceptors (Lipinski definition) is 1. The van der Waals surface area contributed by atoms with Gasteiger partial charge < -0.3 is 9.88 Å². The quantitative estimate of drug-likeness (QED) is 0.774. The fraction of sp³-hybridized carbons (Fsp3) is 0.176. The summed E-state index contributed by atoms with van der Waals surface area (Å²) in [6.07, 6.45) is 1.87. The average Bonchev–Trinajstić information content (AvgIpc) is 2.88. The van der Waals surface area contributed by atoms with Crippen molar-refractivity contribution in [3.05, 3.63) is 71.4 Å². The summed E-state index contributed by atoms with van der Waals surface area (Å²) in [5, 5.41) is 4.19. The fourth-order valence-electron chi connectivity index (χ4n) is 2.66. The molecule has 0 saturated carbocycles. The first-order valence-electron chi connectivity index (χ1n) is 6.85. The zero-order chi connectivity index (χ0) is 14.8. The number of halogens is 2. The third-order valence-corrected chi connectivity index (χ3v) is 3.63. The minimum atomic E-state index is -0.511. The van der Waals surface area contributed by atoms with Crippen LogP contribution in [0, 0.1) is 11.6 Å². The molecule has 3 rings (SSSR count). The minimum absolute atomic E-state index is 0.0919. The standard InChI is InChI=1S/C17H16F2N2/c1-20-10-13-5-2-4-12-8-9-21(17(12)13)11-14-15(18)6-3-7-16(14)19/h2-9,20H,10-11H2,1H3. The Hall–Kier alpha value is -2.20. The number of fused-ring (bicyclic) bond motifs is 1. The van der Waals surface area contributed by atoms with Gasteiger partial charge in [0.1, 0.15) is 11.6 Å². The molecule has 3 aromatic rings. The number of aromatic nitrogens is 1. The topological polar surface area (TPSA) is 17.0 Å². The van der Waals surface area contributed by atoms with Gasteiger partial charge in [-0.1, -0.05) is 24.3 Å². The molecule has 1 N–H and O–H groups in total. The molecule has 0 aliphatic rings. The summed E-state index contributed by atoms with van der Waals surface area (Å²) in [5.41, 5.74) is 2.21. The van der Waals surface area contributed by atoms with E-state index in [0.29, 0.717) is 6.54 Å². The van der Waals surface area contributed by atoms with Crippen molar-refractivity contribution in [2.45, 2.75) is 13.1 Å². The van der Waals surface area contributed by atoms with Gasteiger partial charge in [0.05, 0.1) is 12.1 Å². The van der Waals surface area contributed by atoms with Crippen molar-refractivity contribution in [3.8, 4) is 0 Å². The summed E-state index contributed by atoms with van der Waals surface area (Å²) in [7, 11) is 1.88. The maximum absolute atomic E-state index is 13.8. The lowest BCUT2D eigenvalue weighted by Gasteiger charge is -2.11. The molecule has 1 heterocycles. The smallest absolute Gasteiger partial charge is 0.131 e. The van der Waals surface area contributed by atoms with Crippen molar-refractivity contribution in [2.24, 2.45) is 0 Å². The molecule has 0 radical (unpaired) electrons. The van der Waals surface area contributed by atoms with Crippen LogP contribution in [0.1, 0.15) is 11.1 Å². The molecule has 4 heteroatoms. The lowest BCUT2D eigenvalue weighted by Crippen LogP contribution is -2.09. The third kappa shape index (κ3) is 2.54. The van der Waals surface area contributed by atoms with Gasteiger partial charge in [-0.25, -0.2) is 8.78 Å². The van der Waals surface area contributed by atoms with Crippen LogP contribution >= 0.6 is 0 Å². The predicted octanol–water partition coefficient (Wildman–Crippen LogP) is 3.69. The molecule has 2 aromatic carbocycles. The first kappa shape index (κ1) is 13.8. The predicted molar refractivity (Wildman–Crippen MR) is 80.2 cm³/mol. The largest absolute Gasteiger partial charge is 0.343 e. The van der Waals surface area contributed by atoms with Crippen LogP contribution in [0.4, 0.5) is 8.78 Å². The van der Waals surface area contributed by atoms with Gasteiger partial charge >= 0.3 is 0 Å². The van der Waals surface area contributed by atoms with E-state index < -0.39 is 11.6 Å². The van der Waals surface area contributed by atoms with E-state index in [1.807, 2.05) is 42.1 Å². The molecule has 1 aromatic heterocycles. The van der Waals surface area contributed by atoms with Gasteiger partial charge in [0.2, 0.25) is 0 Å². The van der Waals surface area contributed by atoms with E-state index in [-0.39, 0.29) is 12.1 Å². The Bertz CT molecular complexity index is 757. The average molecular weight is 286 g/mol. The van der Waals surface area contributed by atoms with Gasteiger partial charge in [-0.2, -0.15) is 0 Å². The summed E-state index contributed by atoms with van der Waals surface area (Å²) in [4.78, 5) is 0. The van der Waals surface area contributed by atoms with E-state index in [1.54, 1.807) is 0 Å². The first-order valence-corrected chi connectivity index (χ1v) is 6.85. The van der Waals surface area contributed by atoms with Crippen molar-refractivity contribution in [1.82, 2.24) is 9.88 Å². The van der Waals surface area contributed by atoms with Gasteiger partial charge in [0.15, 0.2) is 0 Å². The van der Waals surface area contributed by atoms with E-state index in [0.717, 1.165) is 16.5 Å². The molecule has 0 amide bonds. The Balaban J connectivity index is 2.09. The van der Waals surface area contributed by atoms with Crippen LogP contribution in [0.2, 0.25) is 0 Å². The van der Waals surface area contributed by atoms with E-state index in [2.05, 4.69) is 5.32 Å². The van der Waals surface area contributed by atoms with Gasteiger partial charge in [-0.05, 0) is 36.2 Å². The fourth-order valence-corrected chi connectivity index (χ4v) is 2.66. The van der Waals surface area contributed by atoms with Crippen molar-refractivity contribution in [2.75, 3.05) is 7.05 Å².